The van der Waals surface area contributed by atoms with Crippen molar-refractivity contribution in [2.45, 2.75) is 0 Å². The maximum Gasteiger partial charge on any atom is 0.237 e. The molecular weight excluding hydrogens is 140 g/mol. The summed E-state index contributed by atoms with van der Waals surface area (Å²) in [5, 5.41) is 7.34. The summed E-state index contributed by atoms with van der Waals surface area (Å²) < 4.78 is 0. The molecule has 58 valence electrons. The van der Waals surface area contributed by atoms with Crippen LogP contribution in [0.4, 0.5) is 0 Å². The van der Waals surface area contributed by atoms with Crippen molar-refractivity contribution >= 4 is 5.90 Å². The zero-order valence-corrected chi connectivity index (χ0v) is 6.29. The molecule has 0 heterocycles. The van der Waals surface area contributed by atoms with Crippen molar-refractivity contribution in [3.8, 4) is 0 Å². The molecule has 0 unspecified atom stereocenters. The van der Waals surface area contributed by atoms with E-state index in [1.807, 2.05) is 30.3 Å². The summed E-state index contributed by atoms with van der Waals surface area (Å²) >= 11 is 0. The predicted octanol–water partition coefficient (Wildman–Crippen LogP) is 1.16. The van der Waals surface area contributed by atoms with E-state index < -0.39 is 0 Å². The fraction of sp³-hybridized carbons (Fsp3) is 0.125. The topological polar surface area (TPSA) is 45.1 Å². The van der Waals surface area contributed by atoms with E-state index in [1.54, 1.807) is 7.05 Å². The number of hydroxylamine groups is 1. The lowest BCUT2D eigenvalue weighted by Gasteiger charge is -2.02. The average Bonchev–Trinajstić information content (AvgIpc) is 2.07. The number of nitrogens with one attached hydrogen (secondary N) is 2. The zero-order valence-electron chi connectivity index (χ0n) is 6.29. The second-order valence-corrected chi connectivity index (χ2v) is 2.00. The Morgan fingerprint density at radius 1 is 1.36 bits per heavy atom. The Hall–Kier alpha value is -1.35. The second-order valence-electron chi connectivity index (χ2n) is 2.00. The Balaban J connectivity index is 2.69. The van der Waals surface area contributed by atoms with Gasteiger partial charge in [0, 0.05) is 12.6 Å². The molecule has 0 bridgehead atoms. The lowest BCUT2D eigenvalue weighted by Crippen LogP contribution is -2.14. The zero-order chi connectivity index (χ0) is 8.10. The highest BCUT2D eigenvalue weighted by Gasteiger charge is 1.98. The van der Waals surface area contributed by atoms with Crippen molar-refractivity contribution in [1.29, 1.82) is 5.41 Å². The van der Waals surface area contributed by atoms with E-state index in [0.29, 0.717) is 0 Å². The number of hydrogen-bond donors (Lipinski definition) is 2. The van der Waals surface area contributed by atoms with Gasteiger partial charge in [0.2, 0.25) is 5.90 Å². The third-order valence-electron chi connectivity index (χ3n) is 1.24. The maximum atomic E-state index is 7.34. The van der Waals surface area contributed by atoms with Gasteiger partial charge in [-0.1, -0.05) is 18.2 Å². The van der Waals surface area contributed by atoms with Gasteiger partial charge in [-0.25, -0.2) is 0 Å². The molecule has 3 nitrogen and oxygen atoms in total. The molecule has 0 aliphatic heterocycles. The summed E-state index contributed by atoms with van der Waals surface area (Å²) in [4.78, 5) is 4.76. The van der Waals surface area contributed by atoms with Crippen LogP contribution in [0.3, 0.4) is 0 Å². The highest BCUT2D eigenvalue weighted by molar-refractivity contribution is 5.91. The van der Waals surface area contributed by atoms with Crippen molar-refractivity contribution < 1.29 is 4.84 Å². The van der Waals surface area contributed by atoms with Gasteiger partial charge in [0.05, 0.1) is 0 Å². The van der Waals surface area contributed by atoms with E-state index in [0.717, 1.165) is 5.56 Å². The van der Waals surface area contributed by atoms with Crippen LogP contribution in [0.1, 0.15) is 5.56 Å². The Kier molecular flexibility index (Phi) is 2.63. The summed E-state index contributed by atoms with van der Waals surface area (Å²) in [6, 6.07) is 9.27. The van der Waals surface area contributed by atoms with Crippen molar-refractivity contribution in [2.24, 2.45) is 0 Å². The molecule has 11 heavy (non-hydrogen) atoms. The van der Waals surface area contributed by atoms with Crippen LogP contribution in [0.15, 0.2) is 30.3 Å². The van der Waals surface area contributed by atoms with Gasteiger partial charge in [-0.3, -0.25) is 5.41 Å². The minimum atomic E-state index is 0.133. The molecule has 1 aromatic carbocycles. The van der Waals surface area contributed by atoms with Gasteiger partial charge in [0.15, 0.2) is 0 Å². The summed E-state index contributed by atoms with van der Waals surface area (Å²) in [5.74, 6) is 0.133. The molecule has 1 rings (SSSR count). The summed E-state index contributed by atoms with van der Waals surface area (Å²) in [5.41, 5.74) is 3.21. The van der Waals surface area contributed by atoms with E-state index in [1.165, 1.54) is 0 Å². The van der Waals surface area contributed by atoms with Gasteiger partial charge >= 0.3 is 0 Å². The monoisotopic (exact) mass is 150 g/mol. The van der Waals surface area contributed by atoms with Crippen molar-refractivity contribution in [3.63, 3.8) is 0 Å². The van der Waals surface area contributed by atoms with Crippen LogP contribution in [0.2, 0.25) is 0 Å². The smallest absolute Gasteiger partial charge is 0.237 e. The molecule has 0 aliphatic carbocycles. The first-order valence-corrected chi connectivity index (χ1v) is 3.32. The number of hydrogen-bond acceptors (Lipinski definition) is 3. The largest absolute Gasteiger partial charge is 0.389 e. The molecule has 0 fully saturated rings. The first-order chi connectivity index (χ1) is 5.34. The van der Waals surface area contributed by atoms with Crippen LogP contribution >= 0.6 is 0 Å². The van der Waals surface area contributed by atoms with Gasteiger partial charge < -0.3 is 4.84 Å². The highest BCUT2D eigenvalue weighted by Crippen LogP contribution is 1.98. The average molecular weight is 150 g/mol. The van der Waals surface area contributed by atoms with Gasteiger partial charge in [0.25, 0.3) is 0 Å². The SMILES string of the molecule is CNOC(=N)c1ccccc1. The van der Waals surface area contributed by atoms with Crippen LogP contribution in [-0.4, -0.2) is 12.9 Å². The number of rotatable bonds is 2. The molecule has 0 spiro atoms. The van der Waals surface area contributed by atoms with E-state index >= 15 is 0 Å². The van der Waals surface area contributed by atoms with Gasteiger partial charge in [-0.05, 0) is 12.1 Å². The van der Waals surface area contributed by atoms with Crippen LogP contribution in [0.5, 0.6) is 0 Å². The molecule has 2 N–H and O–H groups in total. The van der Waals surface area contributed by atoms with Crippen molar-refractivity contribution in [2.75, 3.05) is 7.05 Å². The highest BCUT2D eigenvalue weighted by atomic mass is 16.6. The van der Waals surface area contributed by atoms with Gasteiger partial charge in [0.1, 0.15) is 0 Å². The van der Waals surface area contributed by atoms with Crippen LogP contribution in [0, 0.1) is 5.41 Å². The Morgan fingerprint density at radius 3 is 2.55 bits per heavy atom. The lowest BCUT2D eigenvalue weighted by molar-refractivity contribution is 0.208. The summed E-state index contributed by atoms with van der Waals surface area (Å²) in [6.07, 6.45) is 0. The molecule has 0 amide bonds. The fourth-order valence-corrected chi connectivity index (χ4v) is 0.751. The van der Waals surface area contributed by atoms with E-state index in [4.69, 9.17) is 10.2 Å². The van der Waals surface area contributed by atoms with Crippen LogP contribution in [-0.2, 0) is 4.84 Å². The van der Waals surface area contributed by atoms with Crippen LogP contribution < -0.4 is 5.48 Å². The summed E-state index contributed by atoms with van der Waals surface area (Å²) in [6.45, 7) is 0. The lowest BCUT2D eigenvalue weighted by atomic mass is 10.2. The molecule has 1 aromatic rings. The molecule has 0 aliphatic rings. The summed E-state index contributed by atoms with van der Waals surface area (Å²) in [7, 11) is 1.62. The third kappa shape index (κ3) is 2.05. The Labute approximate surface area is 65.5 Å². The molecular formula is C8H10N2O. The van der Waals surface area contributed by atoms with Crippen molar-refractivity contribution in [3.05, 3.63) is 35.9 Å². The van der Waals surface area contributed by atoms with Gasteiger partial charge in [-0.15, -0.1) is 0 Å². The predicted molar refractivity (Wildman–Crippen MR) is 43.4 cm³/mol. The van der Waals surface area contributed by atoms with Crippen molar-refractivity contribution in [1.82, 2.24) is 5.48 Å². The molecule has 0 atom stereocenters. The first kappa shape index (κ1) is 7.75. The fourth-order valence-electron chi connectivity index (χ4n) is 0.751. The number of benzene rings is 1. The molecule has 3 heteroatoms. The molecule has 0 radical (unpaired) electrons. The second kappa shape index (κ2) is 3.73. The quantitative estimate of drug-likeness (QED) is 0.377. The Bertz CT molecular complexity index is 233. The maximum absolute atomic E-state index is 7.34. The third-order valence-corrected chi connectivity index (χ3v) is 1.24. The normalized spacial score (nSPS) is 9.18. The molecule has 0 saturated carbocycles. The minimum absolute atomic E-state index is 0.133. The Morgan fingerprint density at radius 2 is 2.00 bits per heavy atom. The van der Waals surface area contributed by atoms with E-state index in [9.17, 15) is 0 Å². The molecule has 0 aromatic heterocycles. The minimum Gasteiger partial charge on any atom is -0.389 e. The first-order valence-electron chi connectivity index (χ1n) is 3.32. The van der Waals surface area contributed by atoms with E-state index in [-0.39, 0.29) is 5.90 Å². The van der Waals surface area contributed by atoms with E-state index in [2.05, 4.69) is 5.48 Å². The standard InChI is InChI=1S/C8H10N2O/c1-10-11-8(9)7-5-3-2-4-6-7/h2-6,9-10H,1H3. The van der Waals surface area contributed by atoms with Crippen LogP contribution in [0.25, 0.3) is 0 Å². The van der Waals surface area contributed by atoms with Gasteiger partial charge in [-0.2, -0.15) is 5.48 Å². The molecule has 0 saturated heterocycles.